The van der Waals surface area contributed by atoms with Crippen molar-refractivity contribution < 1.29 is 0 Å². The minimum Gasteiger partial charge on any atom is -0.361 e. The first-order chi connectivity index (χ1) is 9.70. The quantitative estimate of drug-likeness (QED) is 0.884. The lowest BCUT2D eigenvalue weighted by Gasteiger charge is -2.39. The molecule has 6 heteroatoms. The van der Waals surface area contributed by atoms with Crippen molar-refractivity contribution in [3.05, 3.63) is 21.0 Å². The van der Waals surface area contributed by atoms with E-state index in [1.54, 1.807) is 10.9 Å². The maximum atomic E-state index is 12.7. The summed E-state index contributed by atoms with van der Waals surface area (Å²) in [5.41, 5.74) is 0.813. The first-order valence-electron chi connectivity index (χ1n) is 7.43. The molecular weight excluding hydrogens is 320 g/mol. The number of rotatable bonds is 5. The fourth-order valence-electron chi connectivity index (χ4n) is 2.86. The van der Waals surface area contributed by atoms with E-state index in [0.717, 1.165) is 36.3 Å². The van der Waals surface area contributed by atoms with Gasteiger partial charge in [-0.3, -0.25) is 4.79 Å². The second kappa shape index (κ2) is 5.85. The first kappa shape index (κ1) is 14.1. The Bertz CT molecular complexity index is 536. The number of anilines is 1. The summed E-state index contributed by atoms with van der Waals surface area (Å²) < 4.78 is 2.46. The van der Waals surface area contributed by atoms with Crippen LogP contribution in [-0.2, 0) is 6.54 Å². The van der Waals surface area contributed by atoms with Gasteiger partial charge < -0.3 is 10.2 Å². The molecule has 110 valence electrons. The van der Waals surface area contributed by atoms with Crippen molar-refractivity contribution in [2.75, 3.05) is 24.5 Å². The lowest BCUT2D eigenvalue weighted by Crippen LogP contribution is -2.58. The molecule has 1 saturated carbocycles. The van der Waals surface area contributed by atoms with Gasteiger partial charge in [0.25, 0.3) is 5.56 Å². The highest BCUT2D eigenvalue weighted by molar-refractivity contribution is 9.10. The van der Waals surface area contributed by atoms with Crippen LogP contribution in [0.4, 0.5) is 5.69 Å². The number of nitrogens with one attached hydrogen (secondary N) is 1. The van der Waals surface area contributed by atoms with Crippen LogP contribution in [0.1, 0.15) is 26.2 Å². The molecule has 5 nitrogen and oxygen atoms in total. The van der Waals surface area contributed by atoms with E-state index in [1.165, 1.54) is 19.3 Å². The third-order valence-corrected chi connectivity index (χ3v) is 5.04. The van der Waals surface area contributed by atoms with Gasteiger partial charge in [-0.15, -0.1) is 0 Å². The first-order valence-corrected chi connectivity index (χ1v) is 8.23. The maximum absolute atomic E-state index is 12.7. The smallest absolute Gasteiger partial charge is 0.291 e. The van der Waals surface area contributed by atoms with Gasteiger partial charge in [0.2, 0.25) is 0 Å². The van der Waals surface area contributed by atoms with Gasteiger partial charge in [-0.2, -0.15) is 5.10 Å². The van der Waals surface area contributed by atoms with Gasteiger partial charge in [0.05, 0.1) is 16.7 Å². The number of aromatic nitrogens is 2. The predicted molar refractivity (Wildman–Crippen MR) is 83.2 cm³/mol. The maximum Gasteiger partial charge on any atom is 0.291 e. The van der Waals surface area contributed by atoms with E-state index in [0.29, 0.717) is 12.0 Å². The molecule has 20 heavy (non-hydrogen) atoms. The summed E-state index contributed by atoms with van der Waals surface area (Å²) in [5, 5.41) is 7.56. The second-order valence-electron chi connectivity index (χ2n) is 5.72. The van der Waals surface area contributed by atoms with Crippen molar-refractivity contribution in [3.63, 3.8) is 0 Å². The van der Waals surface area contributed by atoms with E-state index >= 15 is 0 Å². The van der Waals surface area contributed by atoms with Crippen molar-refractivity contribution in [2.24, 2.45) is 5.92 Å². The molecule has 0 bridgehead atoms. The van der Waals surface area contributed by atoms with Gasteiger partial charge >= 0.3 is 0 Å². The SMILES string of the molecule is CCN(c1c(Br)cnn(CC2CCC2)c1=O)C1CNC1. The van der Waals surface area contributed by atoms with Crippen LogP contribution in [-0.4, -0.2) is 35.5 Å². The Morgan fingerprint density at radius 2 is 2.25 bits per heavy atom. The molecule has 0 amide bonds. The molecule has 2 aliphatic rings. The molecule has 0 spiro atoms. The zero-order chi connectivity index (χ0) is 14.1. The molecule has 1 aromatic rings. The number of hydrogen-bond acceptors (Lipinski definition) is 4. The van der Waals surface area contributed by atoms with E-state index in [4.69, 9.17) is 0 Å². The zero-order valence-corrected chi connectivity index (χ0v) is 13.4. The molecule has 1 aliphatic heterocycles. The topological polar surface area (TPSA) is 50.2 Å². The summed E-state index contributed by atoms with van der Waals surface area (Å²) >= 11 is 3.50. The standard InChI is InChI=1S/C14H21BrN4O/c1-2-18(11-6-16-7-11)13-12(15)8-17-19(14(13)20)9-10-4-3-5-10/h8,10-11,16H,2-7,9H2,1H3. The molecule has 2 heterocycles. The van der Waals surface area contributed by atoms with E-state index < -0.39 is 0 Å². The monoisotopic (exact) mass is 340 g/mol. The van der Waals surface area contributed by atoms with Crippen LogP contribution >= 0.6 is 15.9 Å². The summed E-state index contributed by atoms with van der Waals surface area (Å²) in [4.78, 5) is 14.9. The summed E-state index contributed by atoms with van der Waals surface area (Å²) in [7, 11) is 0. The van der Waals surface area contributed by atoms with Crippen LogP contribution in [0.25, 0.3) is 0 Å². The molecule has 0 unspecified atom stereocenters. The molecule has 1 N–H and O–H groups in total. The average molecular weight is 341 g/mol. The van der Waals surface area contributed by atoms with Crippen molar-refractivity contribution in [2.45, 2.75) is 38.8 Å². The van der Waals surface area contributed by atoms with E-state index in [-0.39, 0.29) is 5.56 Å². The number of halogens is 1. The second-order valence-corrected chi connectivity index (χ2v) is 6.58. The van der Waals surface area contributed by atoms with Crippen LogP contribution in [0, 0.1) is 5.92 Å². The van der Waals surface area contributed by atoms with Crippen LogP contribution < -0.4 is 15.8 Å². The fourth-order valence-corrected chi connectivity index (χ4v) is 3.35. The Labute approximate surface area is 127 Å². The lowest BCUT2D eigenvalue weighted by molar-refractivity contribution is 0.261. The largest absolute Gasteiger partial charge is 0.361 e. The molecule has 0 radical (unpaired) electrons. The van der Waals surface area contributed by atoms with Gasteiger partial charge in [0.1, 0.15) is 5.69 Å². The molecular formula is C14H21BrN4O. The highest BCUT2D eigenvalue weighted by Gasteiger charge is 2.28. The van der Waals surface area contributed by atoms with E-state index in [2.05, 4.69) is 38.2 Å². The fraction of sp³-hybridized carbons (Fsp3) is 0.714. The Morgan fingerprint density at radius 1 is 1.50 bits per heavy atom. The highest BCUT2D eigenvalue weighted by atomic mass is 79.9. The molecule has 1 aliphatic carbocycles. The Morgan fingerprint density at radius 3 is 2.75 bits per heavy atom. The van der Waals surface area contributed by atoms with Crippen molar-refractivity contribution in [1.82, 2.24) is 15.1 Å². The molecule has 0 atom stereocenters. The lowest BCUT2D eigenvalue weighted by atomic mass is 9.85. The third-order valence-electron chi connectivity index (χ3n) is 4.46. The van der Waals surface area contributed by atoms with Crippen LogP contribution in [0.2, 0.25) is 0 Å². The molecule has 3 rings (SSSR count). The average Bonchev–Trinajstić information content (AvgIpc) is 2.32. The normalized spacial score (nSPS) is 19.5. The molecule has 0 aromatic carbocycles. The minimum atomic E-state index is 0.0417. The Kier molecular flexibility index (Phi) is 4.12. The summed E-state index contributed by atoms with van der Waals surface area (Å²) in [5.74, 6) is 0.634. The van der Waals surface area contributed by atoms with Crippen molar-refractivity contribution >= 4 is 21.6 Å². The number of likely N-dealkylation sites (N-methyl/N-ethyl adjacent to an activating group) is 1. The Hall–Kier alpha value is -0.880. The Balaban J connectivity index is 1.91. The van der Waals surface area contributed by atoms with Gasteiger partial charge in [0.15, 0.2) is 0 Å². The minimum absolute atomic E-state index is 0.0417. The molecule has 1 saturated heterocycles. The van der Waals surface area contributed by atoms with Gasteiger partial charge in [-0.25, -0.2) is 4.68 Å². The molecule has 1 aromatic heterocycles. The van der Waals surface area contributed by atoms with Gasteiger partial charge in [-0.05, 0) is 41.6 Å². The van der Waals surface area contributed by atoms with Crippen molar-refractivity contribution in [3.8, 4) is 0 Å². The number of nitrogens with zero attached hydrogens (tertiary/aromatic N) is 3. The third kappa shape index (κ3) is 2.51. The van der Waals surface area contributed by atoms with Crippen LogP contribution in [0.5, 0.6) is 0 Å². The van der Waals surface area contributed by atoms with Crippen LogP contribution in [0.15, 0.2) is 15.5 Å². The summed E-state index contributed by atoms with van der Waals surface area (Å²) in [6, 6.07) is 0.420. The summed E-state index contributed by atoms with van der Waals surface area (Å²) in [6.07, 6.45) is 5.51. The van der Waals surface area contributed by atoms with Crippen molar-refractivity contribution in [1.29, 1.82) is 0 Å². The van der Waals surface area contributed by atoms with Gasteiger partial charge in [-0.1, -0.05) is 6.42 Å². The predicted octanol–water partition coefficient (Wildman–Crippen LogP) is 1.60. The van der Waals surface area contributed by atoms with Gasteiger partial charge in [0, 0.05) is 26.2 Å². The molecule has 2 fully saturated rings. The highest BCUT2D eigenvalue weighted by Crippen LogP contribution is 2.28. The van der Waals surface area contributed by atoms with Crippen LogP contribution in [0.3, 0.4) is 0 Å². The van der Waals surface area contributed by atoms with E-state index in [1.807, 2.05) is 0 Å². The zero-order valence-electron chi connectivity index (χ0n) is 11.8. The summed E-state index contributed by atoms with van der Waals surface area (Å²) in [6.45, 7) is 5.60. The van der Waals surface area contributed by atoms with E-state index in [9.17, 15) is 4.79 Å². The number of hydrogen-bond donors (Lipinski definition) is 1.